The molecule has 0 aliphatic rings. The summed E-state index contributed by atoms with van der Waals surface area (Å²) in [6.45, 7) is 3.88. The molecule has 1 aromatic heterocycles. The van der Waals surface area contributed by atoms with Crippen LogP contribution in [-0.4, -0.2) is 20.9 Å². The first-order valence-corrected chi connectivity index (χ1v) is 5.39. The standard InChI is InChI=1S/C9H15N3OS/c1-4-7(9(10)13)14-8-5-6(2)11-12(8)3/h5,7H,4H2,1-3H3,(H2,10,13). The third kappa shape index (κ3) is 2.51. The van der Waals surface area contributed by atoms with Crippen molar-refractivity contribution in [2.75, 3.05) is 0 Å². The number of hydrogen-bond acceptors (Lipinski definition) is 3. The normalized spacial score (nSPS) is 12.8. The molecule has 78 valence electrons. The zero-order valence-electron chi connectivity index (χ0n) is 8.65. The molecule has 0 aliphatic heterocycles. The molecule has 4 nitrogen and oxygen atoms in total. The summed E-state index contributed by atoms with van der Waals surface area (Å²) in [7, 11) is 1.86. The first-order valence-electron chi connectivity index (χ1n) is 4.51. The summed E-state index contributed by atoms with van der Waals surface area (Å²) in [5, 5.41) is 5.02. The van der Waals surface area contributed by atoms with Gasteiger partial charge in [-0.05, 0) is 19.4 Å². The van der Waals surface area contributed by atoms with E-state index in [0.717, 1.165) is 17.1 Å². The van der Waals surface area contributed by atoms with Gasteiger partial charge in [-0.2, -0.15) is 5.10 Å². The van der Waals surface area contributed by atoms with E-state index in [2.05, 4.69) is 5.10 Å². The summed E-state index contributed by atoms with van der Waals surface area (Å²) in [6.07, 6.45) is 0.740. The van der Waals surface area contributed by atoms with Crippen LogP contribution in [0.1, 0.15) is 19.0 Å². The van der Waals surface area contributed by atoms with E-state index in [0.29, 0.717) is 0 Å². The average molecular weight is 213 g/mol. The molecule has 1 rings (SSSR count). The van der Waals surface area contributed by atoms with E-state index in [1.54, 1.807) is 4.68 Å². The largest absolute Gasteiger partial charge is 0.369 e. The molecular weight excluding hydrogens is 198 g/mol. The SMILES string of the molecule is CCC(Sc1cc(C)nn1C)C(N)=O. The van der Waals surface area contributed by atoms with Crippen LogP contribution in [0.3, 0.4) is 0 Å². The predicted molar refractivity (Wildman–Crippen MR) is 57.1 cm³/mol. The van der Waals surface area contributed by atoms with Crippen molar-refractivity contribution >= 4 is 17.7 Å². The molecule has 2 N–H and O–H groups in total. The number of primary amides is 1. The van der Waals surface area contributed by atoms with E-state index in [4.69, 9.17) is 5.73 Å². The third-order valence-electron chi connectivity index (χ3n) is 1.91. The monoisotopic (exact) mass is 213 g/mol. The van der Waals surface area contributed by atoms with Gasteiger partial charge in [-0.15, -0.1) is 0 Å². The lowest BCUT2D eigenvalue weighted by Gasteiger charge is -2.09. The van der Waals surface area contributed by atoms with E-state index in [1.807, 2.05) is 27.0 Å². The Bertz CT molecular complexity index is 335. The lowest BCUT2D eigenvalue weighted by atomic mass is 10.3. The Morgan fingerprint density at radius 1 is 1.79 bits per heavy atom. The van der Waals surface area contributed by atoms with Gasteiger partial charge in [0.1, 0.15) is 0 Å². The molecule has 14 heavy (non-hydrogen) atoms. The summed E-state index contributed by atoms with van der Waals surface area (Å²) in [6, 6.07) is 1.95. The highest BCUT2D eigenvalue weighted by atomic mass is 32.2. The summed E-state index contributed by atoms with van der Waals surface area (Å²) >= 11 is 1.47. The predicted octanol–water partition coefficient (Wildman–Crippen LogP) is 1.08. The van der Waals surface area contributed by atoms with Crippen LogP contribution in [0.2, 0.25) is 0 Å². The van der Waals surface area contributed by atoms with Gasteiger partial charge >= 0.3 is 0 Å². The number of aryl methyl sites for hydroxylation is 2. The summed E-state index contributed by atoms with van der Waals surface area (Å²) in [5.41, 5.74) is 6.22. The van der Waals surface area contributed by atoms with Gasteiger partial charge in [-0.3, -0.25) is 9.48 Å². The highest BCUT2D eigenvalue weighted by Gasteiger charge is 2.16. The van der Waals surface area contributed by atoms with Gasteiger partial charge in [0.2, 0.25) is 5.91 Å². The molecule has 0 aliphatic carbocycles. The third-order valence-corrected chi connectivity index (χ3v) is 3.38. The Morgan fingerprint density at radius 2 is 2.43 bits per heavy atom. The maximum atomic E-state index is 11.0. The first-order chi connectivity index (χ1) is 6.54. The highest BCUT2D eigenvalue weighted by molar-refractivity contribution is 8.00. The highest BCUT2D eigenvalue weighted by Crippen LogP contribution is 2.25. The van der Waals surface area contributed by atoms with Crippen molar-refractivity contribution in [3.05, 3.63) is 11.8 Å². The second-order valence-electron chi connectivity index (χ2n) is 3.16. The van der Waals surface area contributed by atoms with E-state index in [1.165, 1.54) is 11.8 Å². The zero-order valence-corrected chi connectivity index (χ0v) is 9.47. The van der Waals surface area contributed by atoms with Crippen LogP contribution in [0, 0.1) is 6.92 Å². The van der Waals surface area contributed by atoms with Crippen LogP contribution in [0.4, 0.5) is 0 Å². The second kappa shape index (κ2) is 4.50. The van der Waals surface area contributed by atoms with E-state index in [-0.39, 0.29) is 11.2 Å². The number of nitrogens with two attached hydrogens (primary N) is 1. The minimum Gasteiger partial charge on any atom is -0.369 e. The maximum absolute atomic E-state index is 11.0. The lowest BCUT2D eigenvalue weighted by molar-refractivity contribution is -0.117. The van der Waals surface area contributed by atoms with Gasteiger partial charge in [-0.25, -0.2) is 0 Å². The Morgan fingerprint density at radius 3 is 2.79 bits per heavy atom. The van der Waals surface area contributed by atoms with Gasteiger partial charge in [0, 0.05) is 7.05 Å². The van der Waals surface area contributed by atoms with Crippen LogP contribution < -0.4 is 5.73 Å². The molecule has 0 bridgehead atoms. The van der Waals surface area contributed by atoms with Crippen molar-refractivity contribution < 1.29 is 4.79 Å². The number of hydrogen-bond donors (Lipinski definition) is 1. The number of nitrogens with zero attached hydrogens (tertiary/aromatic N) is 2. The molecule has 0 radical (unpaired) electrons. The Kier molecular flexibility index (Phi) is 3.57. The van der Waals surface area contributed by atoms with Crippen molar-refractivity contribution in [3.63, 3.8) is 0 Å². The fourth-order valence-corrected chi connectivity index (χ4v) is 2.19. The molecule has 0 saturated heterocycles. The fraction of sp³-hybridized carbons (Fsp3) is 0.556. The minimum absolute atomic E-state index is 0.162. The van der Waals surface area contributed by atoms with Crippen molar-refractivity contribution in [2.24, 2.45) is 12.8 Å². The molecule has 1 atom stereocenters. The van der Waals surface area contributed by atoms with Crippen molar-refractivity contribution in [3.8, 4) is 0 Å². The van der Waals surface area contributed by atoms with E-state index >= 15 is 0 Å². The molecule has 0 aromatic carbocycles. The summed E-state index contributed by atoms with van der Waals surface area (Å²) in [4.78, 5) is 11.0. The topological polar surface area (TPSA) is 60.9 Å². The number of thioether (sulfide) groups is 1. The second-order valence-corrected chi connectivity index (χ2v) is 4.39. The number of carbonyl (C=O) groups is 1. The van der Waals surface area contributed by atoms with Gasteiger partial charge in [0.15, 0.2) is 0 Å². The van der Waals surface area contributed by atoms with E-state index in [9.17, 15) is 4.79 Å². The van der Waals surface area contributed by atoms with Crippen LogP contribution in [-0.2, 0) is 11.8 Å². The first kappa shape index (κ1) is 11.1. The van der Waals surface area contributed by atoms with Gasteiger partial charge in [0.05, 0.1) is 16.0 Å². The molecule has 0 fully saturated rings. The smallest absolute Gasteiger partial charge is 0.230 e. The Labute approximate surface area is 87.9 Å². The van der Waals surface area contributed by atoms with Crippen molar-refractivity contribution in [1.82, 2.24) is 9.78 Å². The molecule has 1 aromatic rings. The number of carbonyl (C=O) groups excluding carboxylic acids is 1. The van der Waals surface area contributed by atoms with Gasteiger partial charge in [0.25, 0.3) is 0 Å². The zero-order chi connectivity index (χ0) is 10.7. The molecule has 5 heteroatoms. The summed E-state index contributed by atoms with van der Waals surface area (Å²) in [5.74, 6) is -0.267. The molecule has 0 spiro atoms. The number of rotatable bonds is 4. The number of amides is 1. The van der Waals surface area contributed by atoms with E-state index < -0.39 is 0 Å². The lowest BCUT2D eigenvalue weighted by Crippen LogP contribution is -2.25. The maximum Gasteiger partial charge on any atom is 0.230 e. The average Bonchev–Trinajstić information content (AvgIpc) is 2.40. The number of aromatic nitrogens is 2. The minimum atomic E-state index is -0.267. The molecule has 1 heterocycles. The Hall–Kier alpha value is -0.970. The fourth-order valence-electron chi connectivity index (χ4n) is 1.19. The molecule has 0 saturated carbocycles. The van der Waals surface area contributed by atoms with Crippen LogP contribution in [0.25, 0.3) is 0 Å². The van der Waals surface area contributed by atoms with Crippen LogP contribution in [0.15, 0.2) is 11.1 Å². The van der Waals surface area contributed by atoms with Crippen LogP contribution >= 0.6 is 11.8 Å². The van der Waals surface area contributed by atoms with Crippen molar-refractivity contribution in [2.45, 2.75) is 30.5 Å². The van der Waals surface area contributed by atoms with Crippen molar-refractivity contribution in [1.29, 1.82) is 0 Å². The molecular formula is C9H15N3OS. The van der Waals surface area contributed by atoms with Gasteiger partial charge in [-0.1, -0.05) is 18.7 Å². The van der Waals surface area contributed by atoms with Crippen LogP contribution in [0.5, 0.6) is 0 Å². The quantitative estimate of drug-likeness (QED) is 0.761. The van der Waals surface area contributed by atoms with Gasteiger partial charge < -0.3 is 5.73 Å². The summed E-state index contributed by atoms with van der Waals surface area (Å²) < 4.78 is 1.77. The molecule has 1 amide bonds. The molecule has 1 unspecified atom stereocenters. The Balaban J connectivity index is 2.76.